The van der Waals surface area contributed by atoms with Crippen molar-refractivity contribution in [1.29, 1.82) is 0 Å². The fraction of sp³-hybridized carbons (Fsp3) is 0.381. The molecule has 3 rings (SSSR count). The maximum atomic E-state index is 5.92. The molecule has 0 amide bonds. The second kappa shape index (κ2) is 9.82. The Kier molecular flexibility index (Phi) is 6.90. The van der Waals surface area contributed by atoms with Gasteiger partial charge in [-0.2, -0.15) is 0 Å². The standard InChI is InChI=1S/C21H27N3O2/c22-21(24-15-20-10-5-13-25-20)23-12-11-17-8-4-9-19(14-17)26-16-18-6-2-1-3-7-18/h1-4,6-9,14,20H,5,10-13,15-16H2,(H3,22,23,24). The lowest BCUT2D eigenvalue weighted by atomic mass is 10.1. The van der Waals surface area contributed by atoms with Crippen LogP contribution in [0.25, 0.3) is 0 Å². The second-order valence-corrected chi connectivity index (χ2v) is 6.46. The molecule has 138 valence electrons. The lowest BCUT2D eigenvalue weighted by molar-refractivity contribution is 0.118. The molecule has 5 heteroatoms. The van der Waals surface area contributed by atoms with E-state index in [0.29, 0.717) is 19.1 Å². The molecule has 5 nitrogen and oxygen atoms in total. The van der Waals surface area contributed by atoms with Crippen LogP contribution >= 0.6 is 0 Å². The van der Waals surface area contributed by atoms with Gasteiger partial charge in [0.05, 0.1) is 12.6 Å². The van der Waals surface area contributed by atoms with E-state index in [9.17, 15) is 0 Å². The number of nitrogens with two attached hydrogens (primary N) is 1. The van der Waals surface area contributed by atoms with Gasteiger partial charge in [-0.1, -0.05) is 42.5 Å². The van der Waals surface area contributed by atoms with Crippen LogP contribution in [0.5, 0.6) is 5.75 Å². The molecule has 1 heterocycles. The van der Waals surface area contributed by atoms with Crippen LogP contribution in [-0.2, 0) is 17.8 Å². The summed E-state index contributed by atoms with van der Waals surface area (Å²) in [5.74, 6) is 1.36. The largest absolute Gasteiger partial charge is 0.489 e. The van der Waals surface area contributed by atoms with Crippen molar-refractivity contribution in [3.05, 3.63) is 65.7 Å². The summed E-state index contributed by atoms with van der Waals surface area (Å²) in [5, 5.41) is 3.16. The number of hydrogen-bond acceptors (Lipinski definition) is 3. The minimum Gasteiger partial charge on any atom is -0.489 e. The molecular formula is C21H27N3O2. The minimum absolute atomic E-state index is 0.230. The third kappa shape index (κ3) is 6.08. The summed E-state index contributed by atoms with van der Waals surface area (Å²) in [6, 6.07) is 18.3. The van der Waals surface area contributed by atoms with Crippen LogP contribution < -0.4 is 15.8 Å². The molecular weight excluding hydrogens is 326 g/mol. The van der Waals surface area contributed by atoms with Gasteiger partial charge in [-0.3, -0.25) is 4.99 Å². The molecule has 1 aliphatic heterocycles. The van der Waals surface area contributed by atoms with Crippen molar-refractivity contribution >= 4 is 5.96 Å². The van der Waals surface area contributed by atoms with Gasteiger partial charge in [0.1, 0.15) is 12.4 Å². The zero-order chi connectivity index (χ0) is 18.0. The Morgan fingerprint density at radius 2 is 2.00 bits per heavy atom. The zero-order valence-electron chi connectivity index (χ0n) is 15.1. The first kappa shape index (κ1) is 18.3. The van der Waals surface area contributed by atoms with Crippen molar-refractivity contribution in [1.82, 2.24) is 5.32 Å². The van der Waals surface area contributed by atoms with Gasteiger partial charge in [0.25, 0.3) is 0 Å². The van der Waals surface area contributed by atoms with Gasteiger partial charge in [-0.05, 0) is 42.5 Å². The number of rotatable bonds is 8. The molecule has 2 aromatic rings. The molecule has 1 fully saturated rings. The molecule has 1 atom stereocenters. The summed E-state index contributed by atoms with van der Waals surface area (Å²) in [6.45, 7) is 2.80. The molecule has 0 spiro atoms. The minimum atomic E-state index is 0.230. The van der Waals surface area contributed by atoms with Crippen molar-refractivity contribution < 1.29 is 9.47 Å². The summed E-state index contributed by atoms with van der Waals surface area (Å²) in [5.41, 5.74) is 8.28. The van der Waals surface area contributed by atoms with E-state index in [1.54, 1.807) is 0 Å². The van der Waals surface area contributed by atoms with Crippen molar-refractivity contribution in [3.63, 3.8) is 0 Å². The Hall–Kier alpha value is -2.53. The van der Waals surface area contributed by atoms with Gasteiger partial charge >= 0.3 is 0 Å². The monoisotopic (exact) mass is 353 g/mol. The van der Waals surface area contributed by atoms with E-state index in [-0.39, 0.29) is 6.10 Å². The summed E-state index contributed by atoms with van der Waals surface area (Å²) < 4.78 is 11.4. The molecule has 3 N–H and O–H groups in total. The topological polar surface area (TPSA) is 68.9 Å². The first-order valence-corrected chi connectivity index (χ1v) is 9.20. The fourth-order valence-corrected chi connectivity index (χ4v) is 2.91. The average Bonchev–Trinajstić information content (AvgIpc) is 3.20. The van der Waals surface area contributed by atoms with Gasteiger partial charge in [0.15, 0.2) is 5.96 Å². The molecule has 0 aliphatic carbocycles. The molecule has 0 radical (unpaired) electrons. The third-order valence-corrected chi connectivity index (χ3v) is 4.36. The average molecular weight is 353 g/mol. The van der Waals surface area contributed by atoms with E-state index in [2.05, 4.69) is 34.6 Å². The third-order valence-electron chi connectivity index (χ3n) is 4.36. The highest BCUT2D eigenvalue weighted by molar-refractivity contribution is 5.77. The van der Waals surface area contributed by atoms with Crippen LogP contribution in [0, 0.1) is 0 Å². The van der Waals surface area contributed by atoms with E-state index >= 15 is 0 Å². The molecule has 1 saturated heterocycles. The molecule has 26 heavy (non-hydrogen) atoms. The molecule has 0 saturated carbocycles. The van der Waals surface area contributed by atoms with Gasteiger partial charge in [0, 0.05) is 13.2 Å². The number of guanidine groups is 1. The van der Waals surface area contributed by atoms with Crippen LogP contribution in [0.2, 0.25) is 0 Å². The van der Waals surface area contributed by atoms with Crippen molar-refractivity contribution in [2.45, 2.75) is 32.0 Å². The zero-order valence-corrected chi connectivity index (χ0v) is 15.1. The number of nitrogens with one attached hydrogen (secondary N) is 1. The van der Waals surface area contributed by atoms with E-state index in [1.165, 1.54) is 5.56 Å². The predicted molar refractivity (Wildman–Crippen MR) is 104 cm³/mol. The SMILES string of the molecule is NC(=NCC1CCCO1)NCCc1cccc(OCc2ccccc2)c1. The highest BCUT2D eigenvalue weighted by atomic mass is 16.5. The molecule has 1 unspecified atom stereocenters. The first-order chi connectivity index (χ1) is 12.8. The Labute approximate surface area is 155 Å². The van der Waals surface area contributed by atoms with Crippen LogP contribution in [0.1, 0.15) is 24.0 Å². The Morgan fingerprint density at radius 3 is 2.81 bits per heavy atom. The fourth-order valence-electron chi connectivity index (χ4n) is 2.91. The van der Waals surface area contributed by atoms with E-state index in [4.69, 9.17) is 15.2 Å². The summed E-state index contributed by atoms with van der Waals surface area (Å²) >= 11 is 0. The maximum Gasteiger partial charge on any atom is 0.188 e. The van der Waals surface area contributed by atoms with Crippen LogP contribution in [0.15, 0.2) is 59.6 Å². The smallest absolute Gasteiger partial charge is 0.188 e. The molecule has 2 aromatic carbocycles. The predicted octanol–water partition coefficient (Wildman–Crippen LogP) is 2.89. The van der Waals surface area contributed by atoms with Crippen molar-refractivity contribution in [3.8, 4) is 5.75 Å². The highest BCUT2D eigenvalue weighted by Crippen LogP contribution is 2.15. The van der Waals surface area contributed by atoms with Gasteiger partial charge in [0.2, 0.25) is 0 Å². The Bertz CT molecular complexity index is 697. The number of hydrogen-bond donors (Lipinski definition) is 2. The van der Waals surface area contributed by atoms with Crippen LogP contribution in [0.3, 0.4) is 0 Å². The summed E-state index contributed by atoms with van der Waals surface area (Å²) in [7, 11) is 0. The molecule has 0 aromatic heterocycles. The highest BCUT2D eigenvalue weighted by Gasteiger charge is 2.14. The number of aliphatic imine (C=N–C) groups is 1. The normalized spacial score (nSPS) is 17.2. The van der Waals surface area contributed by atoms with Gasteiger partial charge in [-0.25, -0.2) is 0 Å². The number of nitrogens with zero attached hydrogens (tertiary/aromatic N) is 1. The Balaban J connectivity index is 1.41. The number of benzene rings is 2. The maximum absolute atomic E-state index is 5.92. The second-order valence-electron chi connectivity index (χ2n) is 6.46. The van der Waals surface area contributed by atoms with Crippen molar-refractivity contribution in [2.75, 3.05) is 19.7 Å². The van der Waals surface area contributed by atoms with Crippen LogP contribution in [-0.4, -0.2) is 31.8 Å². The summed E-state index contributed by atoms with van der Waals surface area (Å²) in [6.07, 6.45) is 3.29. The Morgan fingerprint density at radius 1 is 1.15 bits per heavy atom. The molecule has 1 aliphatic rings. The summed E-state index contributed by atoms with van der Waals surface area (Å²) in [4.78, 5) is 4.35. The number of ether oxygens (including phenoxy) is 2. The van der Waals surface area contributed by atoms with E-state index in [1.807, 2.05) is 30.3 Å². The van der Waals surface area contributed by atoms with Gasteiger partial charge < -0.3 is 20.5 Å². The van der Waals surface area contributed by atoms with E-state index < -0.39 is 0 Å². The van der Waals surface area contributed by atoms with Crippen molar-refractivity contribution in [2.24, 2.45) is 10.7 Å². The quantitative estimate of drug-likeness (QED) is 0.566. The van der Waals surface area contributed by atoms with E-state index in [0.717, 1.165) is 43.7 Å². The van der Waals surface area contributed by atoms with Crippen LogP contribution in [0.4, 0.5) is 0 Å². The van der Waals surface area contributed by atoms with Gasteiger partial charge in [-0.15, -0.1) is 0 Å². The lowest BCUT2D eigenvalue weighted by Gasteiger charge is -2.10. The first-order valence-electron chi connectivity index (χ1n) is 9.20. The molecule has 0 bridgehead atoms. The lowest BCUT2D eigenvalue weighted by Crippen LogP contribution is -2.34.